The van der Waals surface area contributed by atoms with Gasteiger partial charge >= 0.3 is 5.97 Å². The number of thiazole rings is 1. The number of hydrogen-bond acceptors (Lipinski definition) is 5. The van der Waals surface area contributed by atoms with Crippen molar-refractivity contribution in [3.63, 3.8) is 0 Å². The quantitative estimate of drug-likeness (QED) is 0.800. The van der Waals surface area contributed by atoms with Gasteiger partial charge in [0.2, 0.25) is 11.1 Å². The third-order valence-electron chi connectivity index (χ3n) is 3.16. The Bertz CT molecular complexity index is 898. The Kier molecular flexibility index (Phi) is 3.26. The van der Waals surface area contributed by atoms with Crippen molar-refractivity contribution in [2.75, 3.05) is 0 Å². The summed E-state index contributed by atoms with van der Waals surface area (Å²) in [6, 6.07) is 5.51. The molecule has 0 aliphatic rings. The van der Waals surface area contributed by atoms with Gasteiger partial charge in [0.15, 0.2) is 0 Å². The number of aromatic carboxylic acids is 1. The Hall–Kier alpha value is -2.54. The number of hydrogen-bond donors (Lipinski definition) is 1. The van der Waals surface area contributed by atoms with Crippen LogP contribution in [0.5, 0.6) is 0 Å². The lowest BCUT2D eigenvalue weighted by Crippen LogP contribution is -2.24. The molecule has 106 valence electrons. The molecule has 21 heavy (non-hydrogen) atoms. The highest BCUT2D eigenvalue weighted by atomic mass is 32.1. The third-order valence-corrected chi connectivity index (χ3v) is 3.95. The minimum Gasteiger partial charge on any atom is -0.476 e. The maximum absolute atomic E-state index is 11.9. The number of nitrogens with zero attached hydrogens (tertiary/aromatic N) is 3. The second-order valence-corrected chi connectivity index (χ2v) is 5.33. The zero-order valence-corrected chi connectivity index (χ0v) is 11.9. The molecule has 0 saturated carbocycles. The van der Waals surface area contributed by atoms with E-state index in [1.807, 2.05) is 12.1 Å². The average molecular weight is 301 g/mol. The van der Waals surface area contributed by atoms with Crippen LogP contribution in [0.3, 0.4) is 0 Å². The zero-order chi connectivity index (χ0) is 15.0. The fourth-order valence-electron chi connectivity index (χ4n) is 2.05. The number of fused-ring (bicyclic) bond motifs is 1. The first-order valence-corrected chi connectivity index (χ1v) is 7.18. The van der Waals surface area contributed by atoms with E-state index in [-0.39, 0.29) is 0 Å². The van der Waals surface area contributed by atoms with Crippen molar-refractivity contribution in [3.8, 4) is 5.69 Å². The Morgan fingerprint density at radius 1 is 1.43 bits per heavy atom. The maximum Gasteiger partial charge on any atom is 0.360 e. The van der Waals surface area contributed by atoms with Crippen LogP contribution < -0.4 is 5.43 Å². The molecule has 3 aromatic rings. The maximum atomic E-state index is 11.9. The molecular weight excluding hydrogens is 290 g/mol. The van der Waals surface area contributed by atoms with Gasteiger partial charge in [0.1, 0.15) is 0 Å². The van der Waals surface area contributed by atoms with Crippen molar-refractivity contribution < 1.29 is 9.90 Å². The summed E-state index contributed by atoms with van der Waals surface area (Å²) in [4.78, 5) is 27.3. The fourth-order valence-corrected chi connectivity index (χ4v) is 2.76. The van der Waals surface area contributed by atoms with Crippen LogP contribution in [0.4, 0.5) is 0 Å². The third kappa shape index (κ3) is 2.31. The molecule has 0 radical (unpaired) electrons. The average Bonchev–Trinajstić information content (AvgIpc) is 2.94. The molecule has 6 nitrogen and oxygen atoms in total. The van der Waals surface area contributed by atoms with Crippen molar-refractivity contribution in [3.05, 3.63) is 51.4 Å². The first-order chi connectivity index (χ1) is 10.1. The van der Waals surface area contributed by atoms with E-state index in [1.165, 1.54) is 16.0 Å². The summed E-state index contributed by atoms with van der Waals surface area (Å²) in [5.41, 5.74) is 2.75. The highest BCUT2D eigenvalue weighted by Crippen LogP contribution is 2.20. The topological polar surface area (TPSA) is 85.1 Å². The van der Waals surface area contributed by atoms with E-state index in [4.69, 9.17) is 5.11 Å². The van der Waals surface area contributed by atoms with Crippen LogP contribution in [0.15, 0.2) is 34.7 Å². The van der Waals surface area contributed by atoms with Gasteiger partial charge in [-0.15, -0.1) is 11.3 Å². The number of carboxylic acids is 1. The van der Waals surface area contributed by atoms with E-state index in [1.54, 1.807) is 24.7 Å². The molecule has 2 aromatic heterocycles. The van der Waals surface area contributed by atoms with Crippen molar-refractivity contribution >= 4 is 27.5 Å². The van der Waals surface area contributed by atoms with Gasteiger partial charge < -0.3 is 5.11 Å². The van der Waals surface area contributed by atoms with E-state index in [2.05, 4.69) is 10.1 Å². The van der Waals surface area contributed by atoms with Crippen LogP contribution in [-0.4, -0.2) is 25.8 Å². The predicted octanol–water partition coefficient (Wildman–Crippen LogP) is 2.10. The molecule has 7 heteroatoms. The zero-order valence-electron chi connectivity index (χ0n) is 11.1. The highest BCUT2D eigenvalue weighted by molar-refractivity contribution is 7.16. The van der Waals surface area contributed by atoms with Crippen LogP contribution in [0.25, 0.3) is 15.9 Å². The van der Waals surface area contributed by atoms with E-state index >= 15 is 0 Å². The van der Waals surface area contributed by atoms with Gasteiger partial charge in [-0.2, -0.15) is 5.10 Å². The molecule has 0 saturated heterocycles. The lowest BCUT2D eigenvalue weighted by molar-refractivity contribution is 0.0686. The summed E-state index contributed by atoms with van der Waals surface area (Å²) >= 11 is 1.49. The minimum atomic E-state index is -1.32. The molecule has 0 fully saturated rings. The first-order valence-electron chi connectivity index (χ1n) is 6.30. The number of rotatable bonds is 3. The normalized spacial score (nSPS) is 10.9. The Morgan fingerprint density at radius 2 is 2.24 bits per heavy atom. The van der Waals surface area contributed by atoms with Gasteiger partial charge in [0.25, 0.3) is 0 Å². The van der Waals surface area contributed by atoms with Gasteiger partial charge in [0, 0.05) is 11.8 Å². The summed E-state index contributed by atoms with van der Waals surface area (Å²) in [5, 5.41) is 13.0. The van der Waals surface area contributed by atoms with Gasteiger partial charge in [-0.3, -0.25) is 4.79 Å². The molecule has 1 N–H and O–H groups in total. The first kappa shape index (κ1) is 13.4. The minimum absolute atomic E-state index is 0.423. The van der Waals surface area contributed by atoms with Gasteiger partial charge in [-0.05, 0) is 24.6 Å². The fraction of sp³-hybridized carbons (Fsp3) is 0.143. The lowest BCUT2D eigenvalue weighted by atomic mass is 10.2. The number of aryl methyl sites for hydroxylation is 1. The highest BCUT2D eigenvalue weighted by Gasteiger charge is 2.15. The standard InChI is InChI=1S/C14H11N3O3S/c1-2-8-6-17(16-12(13(8)18)14(19)20)9-3-4-10-11(5-9)21-7-15-10/h3-7H,2H2,1H3,(H,19,20). The molecule has 0 aliphatic carbocycles. The molecule has 0 amide bonds. The second kappa shape index (κ2) is 5.10. The SMILES string of the molecule is CCc1cn(-c2ccc3ncsc3c2)nc(C(=O)O)c1=O. The van der Waals surface area contributed by atoms with Crippen molar-refractivity contribution in [2.24, 2.45) is 0 Å². The number of benzene rings is 1. The largest absolute Gasteiger partial charge is 0.476 e. The molecule has 0 unspecified atom stereocenters. The lowest BCUT2D eigenvalue weighted by Gasteiger charge is -2.08. The van der Waals surface area contributed by atoms with E-state index in [9.17, 15) is 9.59 Å². The molecule has 0 bridgehead atoms. The molecule has 0 spiro atoms. The summed E-state index contributed by atoms with van der Waals surface area (Å²) in [7, 11) is 0. The molecule has 2 heterocycles. The van der Waals surface area contributed by atoms with Crippen LogP contribution in [0, 0.1) is 0 Å². The van der Waals surface area contributed by atoms with Crippen molar-refractivity contribution in [1.29, 1.82) is 0 Å². The van der Waals surface area contributed by atoms with Crippen LogP contribution in [-0.2, 0) is 6.42 Å². The molecular formula is C14H11N3O3S. The Labute approximate surface area is 123 Å². The second-order valence-electron chi connectivity index (χ2n) is 4.44. The summed E-state index contributed by atoms with van der Waals surface area (Å²) < 4.78 is 2.41. The van der Waals surface area contributed by atoms with Crippen molar-refractivity contribution in [1.82, 2.24) is 14.8 Å². The smallest absolute Gasteiger partial charge is 0.360 e. The van der Waals surface area contributed by atoms with Crippen LogP contribution >= 0.6 is 11.3 Å². The number of aromatic nitrogens is 3. The molecule has 3 rings (SSSR count). The Morgan fingerprint density at radius 3 is 2.95 bits per heavy atom. The van der Waals surface area contributed by atoms with Gasteiger partial charge in [-0.1, -0.05) is 6.92 Å². The van der Waals surface area contributed by atoms with Gasteiger partial charge in [-0.25, -0.2) is 14.5 Å². The van der Waals surface area contributed by atoms with Crippen LogP contribution in [0.1, 0.15) is 23.0 Å². The van der Waals surface area contributed by atoms with E-state index < -0.39 is 17.1 Å². The summed E-state index contributed by atoms with van der Waals surface area (Å²) in [5.74, 6) is -1.32. The summed E-state index contributed by atoms with van der Waals surface area (Å²) in [6.07, 6.45) is 2.03. The van der Waals surface area contributed by atoms with E-state index in [0.717, 1.165) is 10.2 Å². The van der Waals surface area contributed by atoms with Gasteiger partial charge in [0.05, 0.1) is 21.4 Å². The molecule has 0 aliphatic heterocycles. The predicted molar refractivity (Wildman–Crippen MR) is 79.3 cm³/mol. The summed E-state index contributed by atoms with van der Waals surface area (Å²) in [6.45, 7) is 1.80. The van der Waals surface area contributed by atoms with Crippen LogP contribution in [0.2, 0.25) is 0 Å². The molecule has 0 atom stereocenters. The molecule has 1 aromatic carbocycles. The number of carboxylic acid groups (broad SMARTS) is 1. The Balaban J connectivity index is 2.23. The number of carbonyl (C=O) groups is 1. The van der Waals surface area contributed by atoms with Crippen molar-refractivity contribution in [2.45, 2.75) is 13.3 Å². The van der Waals surface area contributed by atoms with E-state index in [0.29, 0.717) is 17.7 Å². The monoisotopic (exact) mass is 301 g/mol.